The van der Waals surface area contributed by atoms with Crippen molar-refractivity contribution >= 4 is 53.7 Å². The van der Waals surface area contributed by atoms with E-state index in [0.29, 0.717) is 37.7 Å². The zero-order valence-corrected chi connectivity index (χ0v) is 52.1. The summed E-state index contributed by atoms with van der Waals surface area (Å²) >= 11 is 0. The molecule has 0 radical (unpaired) electrons. The van der Waals surface area contributed by atoms with Crippen LogP contribution in [0.5, 0.6) is 0 Å². The fourth-order valence-electron chi connectivity index (χ4n) is 10.8. The van der Waals surface area contributed by atoms with Crippen molar-refractivity contribution in [3.8, 4) is 0 Å². The minimum Gasteiger partial charge on any atom is -0.462 e. The second-order valence-electron chi connectivity index (χ2n) is 22.6. The van der Waals surface area contributed by atoms with Crippen LogP contribution in [0.1, 0.15) is 259 Å². The molecule has 0 saturated carbocycles. The number of carbonyl (C=O) groups is 8. The number of unbranched alkanes of at least 4 members (excludes halogenated alkanes) is 18. The molecular formula is C70H106O14. The predicted octanol–water partition coefficient (Wildman–Crippen LogP) is 16.2. The van der Waals surface area contributed by atoms with Gasteiger partial charge in [-0.25, -0.2) is 4.79 Å². The normalized spacial score (nSPS) is 18.7. The summed E-state index contributed by atoms with van der Waals surface area (Å²) < 4.78 is 25.9. The van der Waals surface area contributed by atoms with Crippen molar-refractivity contribution in [2.75, 3.05) is 6.61 Å². The highest BCUT2D eigenvalue weighted by atomic mass is 16.6. The third-order valence-electron chi connectivity index (χ3n) is 15.8. The lowest BCUT2D eigenvalue weighted by molar-refractivity contribution is -0.159. The van der Waals surface area contributed by atoms with E-state index in [0.717, 1.165) is 161 Å². The number of ether oxygens (including phenoxy) is 5. The van der Waals surface area contributed by atoms with Gasteiger partial charge in [0.05, 0.1) is 37.0 Å². The first-order chi connectivity index (χ1) is 40.9. The minimum absolute atomic E-state index is 0.00483. The van der Waals surface area contributed by atoms with E-state index >= 15 is 0 Å². The Balaban J connectivity index is 0.0000119. The van der Waals surface area contributed by atoms with Crippen molar-refractivity contribution in [1.29, 1.82) is 0 Å². The molecule has 3 aliphatic rings. The van der Waals surface area contributed by atoms with E-state index in [1.807, 2.05) is 57.2 Å². The van der Waals surface area contributed by atoms with Gasteiger partial charge in [-0.1, -0.05) is 197 Å². The van der Waals surface area contributed by atoms with Crippen molar-refractivity contribution in [2.45, 2.75) is 265 Å². The van der Waals surface area contributed by atoms with E-state index in [2.05, 4.69) is 56.2 Å². The monoisotopic (exact) mass is 1170 g/mol. The molecule has 0 aromatic rings. The van der Waals surface area contributed by atoms with Crippen LogP contribution in [0.15, 0.2) is 78.5 Å². The van der Waals surface area contributed by atoms with Gasteiger partial charge in [-0.2, -0.15) is 0 Å². The van der Waals surface area contributed by atoms with Gasteiger partial charge in [0, 0.05) is 18.4 Å². The Kier molecular flexibility index (Phi) is 42.9. The van der Waals surface area contributed by atoms with Gasteiger partial charge in [-0.3, -0.25) is 38.4 Å². The highest BCUT2D eigenvalue weighted by molar-refractivity contribution is 5.96. The fourth-order valence-corrected chi connectivity index (χ4v) is 10.8. The molecule has 0 bridgehead atoms. The number of carbonyl (C=O) groups excluding carboxylic acids is 9. The molecule has 14 heteroatoms. The number of rotatable bonds is 48. The molecule has 0 aromatic carbocycles. The summed E-state index contributed by atoms with van der Waals surface area (Å²) in [6.07, 6.45) is 51.6. The third kappa shape index (κ3) is 34.3. The molecule has 0 aliphatic carbocycles. The van der Waals surface area contributed by atoms with E-state index in [-0.39, 0.29) is 74.3 Å². The second kappa shape index (κ2) is 48.5. The van der Waals surface area contributed by atoms with Crippen LogP contribution in [0.2, 0.25) is 0 Å². The summed E-state index contributed by atoms with van der Waals surface area (Å²) in [6.45, 7) is 10.2. The van der Waals surface area contributed by atoms with E-state index in [1.165, 1.54) is 0 Å². The Bertz CT molecular complexity index is 2170. The number of cyclic esters (lactones) is 6. The van der Waals surface area contributed by atoms with Crippen molar-refractivity contribution in [3.63, 3.8) is 0 Å². The Morgan fingerprint density at radius 1 is 0.476 bits per heavy atom. The molecule has 14 nitrogen and oxygen atoms in total. The highest BCUT2D eigenvalue weighted by Crippen LogP contribution is 2.32. The lowest BCUT2D eigenvalue weighted by Crippen LogP contribution is -2.25. The van der Waals surface area contributed by atoms with Crippen LogP contribution in [0.25, 0.3) is 0 Å². The largest absolute Gasteiger partial charge is 0.462 e. The Hall–Kier alpha value is -5.75. The number of allylic oxidation sites excluding steroid dienone is 13. The Morgan fingerprint density at radius 2 is 0.929 bits per heavy atom. The van der Waals surface area contributed by atoms with E-state index in [1.54, 1.807) is 0 Å². The average Bonchev–Trinajstić information content (AvgIpc) is 4.28. The standard InChI is InChI=1S/C68H100O14.C2H6/c1-4-7-30-40-55(59-49-64(73)81-67(59)76)42-34-26-20-16-13-17-21-28-36-44-61(70)78-52-57(79-62(71)45-37-29-23-22-27-35-43-56(41-31-8-5-2)60-50-65(74)82-68(60)77)47-46-53(51-69)38-32-24-18-14-11-9-10-12-15-19-25-33-39-54(6-3)58-48-63(72)80-66(58)75;1-2/h10,12,19-20,25-26,33-35,39,42-43,54-60H,4-9,11,13-18,21-24,27-32,36-38,40-41,44-50,52H2,1-3H3;1-2H3/b12-10-,25-19-,26-20-,39-33+,42-34+,43-35+;. The van der Waals surface area contributed by atoms with E-state index in [4.69, 9.17) is 23.7 Å². The van der Waals surface area contributed by atoms with Crippen LogP contribution in [0, 0.1) is 35.5 Å². The van der Waals surface area contributed by atoms with Crippen LogP contribution in [0.4, 0.5) is 0 Å². The molecule has 470 valence electrons. The maximum absolute atomic E-state index is 13.1. The molecule has 0 aromatic heterocycles. The summed E-state index contributed by atoms with van der Waals surface area (Å²) in [5.74, 6) is -2.35. The molecule has 0 spiro atoms. The number of esters is 8. The number of hydrogen-bond donors (Lipinski definition) is 0. The van der Waals surface area contributed by atoms with Gasteiger partial charge in [0.25, 0.3) is 0 Å². The van der Waals surface area contributed by atoms with Crippen molar-refractivity contribution < 1.29 is 66.8 Å². The second-order valence-corrected chi connectivity index (χ2v) is 22.6. The zero-order valence-electron chi connectivity index (χ0n) is 52.1. The topological polar surface area (TPSA) is 200 Å². The smallest absolute Gasteiger partial charge is 0.317 e. The summed E-state index contributed by atoms with van der Waals surface area (Å²) in [7, 11) is 0. The van der Waals surface area contributed by atoms with Gasteiger partial charge < -0.3 is 23.7 Å². The highest BCUT2D eigenvalue weighted by Gasteiger charge is 2.39. The molecule has 3 aliphatic heterocycles. The van der Waals surface area contributed by atoms with Crippen LogP contribution < -0.4 is 0 Å². The maximum atomic E-state index is 13.1. The first-order valence-corrected chi connectivity index (χ1v) is 32.7. The van der Waals surface area contributed by atoms with Crippen molar-refractivity contribution in [3.05, 3.63) is 78.5 Å². The molecular weight excluding hydrogens is 1060 g/mol. The van der Waals surface area contributed by atoms with Crippen molar-refractivity contribution in [2.24, 2.45) is 35.5 Å². The summed E-state index contributed by atoms with van der Waals surface area (Å²) in [5.41, 5.74) is 0.641. The van der Waals surface area contributed by atoms with Gasteiger partial charge in [0.2, 0.25) is 0 Å². The molecule has 7 unspecified atom stereocenters. The van der Waals surface area contributed by atoms with Gasteiger partial charge in [0.15, 0.2) is 0 Å². The first-order valence-electron chi connectivity index (χ1n) is 32.7. The summed E-state index contributed by atoms with van der Waals surface area (Å²) in [6, 6.07) is 0. The van der Waals surface area contributed by atoms with Crippen LogP contribution in [0.3, 0.4) is 0 Å². The third-order valence-corrected chi connectivity index (χ3v) is 15.8. The fraction of sp³-hybridized carbons (Fsp3) is 0.686. The SMILES string of the molecule is CC.CCCCCC(/C=C/C=C\CCCCCCCC(=O)OCC(CCC(=C=O)CCCCCCC/C=C\C/C=C\C=C\C(CC)C1CC(=O)OC1=O)OC(=O)CCCCCC/C=C/C(CCCCC)C1CC(=O)OC1=O)C1CC(=O)OC1=O. The van der Waals surface area contributed by atoms with Crippen molar-refractivity contribution in [1.82, 2.24) is 0 Å². The molecule has 3 rings (SSSR count). The lowest BCUT2D eigenvalue weighted by atomic mass is 9.86. The first kappa shape index (κ1) is 74.4. The molecule has 0 amide bonds. The summed E-state index contributed by atoms with van der Waals surface area (Å²) in [5, 5.41) is 0. The van der Waals surface area contributed by atoms with Gasteiger partial charge in [0.1, 0.15) is 18.7 Å². The van der Waals surface area contributed by atoms with Crippen LogP contribution in [-0.4, -0.2) is 66.4 Å². The van der Waals surface area contributed by atoms with Gasteiger partial charge >= 0.3 is 47.8 Å². The van der Waals surface area contributed by atoms with E-state index in [9.17, 15) is 43.2 Å². The Labute approximate surface area is 504 Å². The molecule has 3 saturated heterocycles. The summed E-state index contributed by atoms with van der Waals surface area (Å²) in [4.78, 5) is 109. The lowest BCUT2D eigenvalue weighted by Gasteiger charge is -2.18. The molecule has 84 heavy (non-hydrogen) atoms. The predicted molar refractivity (Wildman–Crippen MR) is 329 cm³/mol. The number of hydrogen-bond acceptors (Lipinski definition) is 14. The quantitative estimate of drug-likeness (QED) is 0.0106. The maximum Gasteiger partial charge on any atom is 0.317 e. The molecule has 3 heterocycles. The zero-order chi connectivity index (χ0) is 61.4. The van der Waals surface area contributed by atoms with Crippen LogP contribution in [-0.2, 0) is 66.8 Å². The molecule has 7 atom stereocenters. The van der Waals surface area contributed by atoms with Gasteiger partial charge in [-0.15, -0.1) is 0 Å². The van der Waals surface area contributed by atoms with E-state index < -0.39 is 53.8 Å². The molecule has 0 N–H and O–H groups in total. The van der Waals surface area contributed by atoms with Crippen LogP contribution >= 0.6 is 0 Å². The molecule has 3 fully saturated rings. The Morgan fingerprint density at radius 3 is 1.44 bits per heavy atom. The average molecular weight is 1170 g/mol. The minimum atomic E-state index is -0.675. The van der Waals surface area contributed by atoms with Gasteiger partial charge in [-0.05, 0) is 120 Å².